The van der Waals surface area contributed by atoms with Crippen molar-refractivity contribution in [3.05, 3.63) is 67.4 Å². The van der Waals surface area contributed by atoms with E-state index in [-0.39, 0.29) is 10.6 Å². The Hall–Kier alpha value is -0.900. The van der Waals surface area contributed by atoms with Gasteiger partial charge in [0.05, 0.1) is 10.6 Å². The number of hydrogen-bond donors (Lipinski definition) is 0. The summed E-state index contributed by atoms with van der Waals surface area (Å²) in [7, 11) is 0. The van der Waals surface area contributed by atoms with E-state index in [1.54, 1.807) is 19.1 Å². The maximum Gasteiger partial charge on any atom is 0.196 e. The maximum absolute atomic E-state index is 13.9. The zero-order valence-electron chi connectivity index (χ0n) is 9.81. The molecule has 0 saturated heterocycles. The molecule has 0 heterocycles. The standard InChI is InChI=1S/C14H8BrCl2FO/c1-7-2-3-8(16)4-9(7)14(19)10-5-12(17)11(15)6-13(10)18/h2-6H,1H3. The number of ketones is 1. The highest BCUT2D eigenvalue weighted by Gasteiger charge is 2.18. The van der Waals surface area contributed by atoms with Crippen LogP contribution in [0.1, 0.15) is 21.5 Å². The highest BCUT2D eigenvalue weighted by Crippen LogP contribution is 2.28. The minimum absolute atomic E-state index is 0.0708. The number of carbonyl (C=O) groups excluding carboxylic acids is 1. The Morgan fingerprint density at radius 1 is 1.16 bits per heavy atom. The molecule has 2 rings (SSSR count). The summed E-state index contributed by atoms with van der Waals surface area (Å²) in [5, 5.41) is 0.710. The molecule has 2 aromatic carbocycles. The Labute approximate surface area is 128 Å². The molecule has 0 amide bonds. The van der Waals surface area contributed by atoms with E-state index in [1.165, 1.54) is 18.2 Å². The molecule has 0 bridgehead atoms. The molecular weight excluding hydrogens is 354 g/mol. The number of aryl methyl sites for hydroxylation is 1. The van der Waals surface area contributed by atoms with E-state index in [0.717, 1.165) is 5.56 Å². The summed E-state index contributed by atoms with van der Waals surface area (Å²) < 4.78 is 14.3. The van der Waals surface area contributed by atoms with Gasteiger partial charge >= 0.3 is 0 Å². The fourth-order valence-electron chi connectivity index (χ4n) is 1.68. The van der Waals surface area contributed by atoms with Gasteiger partial charge in [-0.1, -0.05) is 29.3 Å². The Morgan fingerprint density at radius 3 is 2.53 bits per heavy atom. The van der Waals surface area contributed by atoms with Gasteiger partial charge in [-0.05, 0) is 52.7 Å². The van der Waals surface area contributed by atoms with Gasteiger partial charge in [0.15, 0.2) is 5.78 Å². The van der Waals surface area contributed by atoms with Crippen LogP contribution in [0.15, 0.2) is 34.8 Å². The van der Waals surface area contributed by atoms with Crippen LogP contribution < -0.4 is 0 Å². The van der Waals surface area contributed by atoms with Crippen molar-refractivity contribution >= 4 is 44.9 Å². The fourth-order valence-corrected chi connectivity index (χ4v) is 2.33. The van der Waals surface area contributed by atoms with Crippen LogP contribution in [-0.4, -0.2) is 5.78 Å². The molecule has 0 atom stereocenters. The zero-order chi connectivity index (χ0) is 14.2. The van der Waals surface area contributed by atoms with Crippen LogP contribution in [0.4, 0.5) is 4.39 Å². The predicted molar refractivity (Wildman–Crippen MR) is 78.7 cm³/mol. The first-order chi connectivity index (χ1) is 8.90. The lowest BCUT2D eigenvalue weighted by Gasteiger charge is -2.08. The summed E-state index contributed by atoms with van der Waals surface area (Å²) in [5.41, 5.74) is 1.02. The third-order valence-electron chi connectivity index (χ3n) is 2.70. The fraction of sp³-hybridized carbons (Fsp3) is 0.0714. The van der Waals surface area contributed by atoms with Crippen LogP contribution in [-0.2, 0) is 0 Å². The first kappa shape index (κ1) is 14.5. The summed E-state index contributed by atoms with van der Waals surface area (Å²) in [4.78, 5) is 12.3. The molecule has 5 heteroatoms. The molecule has 0 saturated carbocycles. The minimum atomic E-state index is -0.624. The van der Waals surface area contributed by atoms with Crippen molar-refractivity contribution in [1.82, 2.24) is 0 Å². The van der Waals surface area contributed by atoms with Gasteiger partial charge < -0.3 is 0 Å². The van der Waals surface area contributed by atoms with Gasteiger partial charge in [0, 0.05) is 15.1 Å². The third-order valence-corrected chi connectivity index (χ3v) is 4.13. The molecule has 2 aromatic rings. The van der Waals surface area contributed by atoms with Crippen molar-refractivity contribution in [3.8, 4) is 0 Å². The lowest BCUT2D eigenvalue weighted by Crippen LogP contribution is -2.06. The molecule has 19 heavy (non-hydrogen) atoms. The summed E-state index contributed by atoms with van der Waals surface area (Å²) >= 11 is 14.9. The van der Waals surface area contributed by atoms with Gasteiger partial charge in [-0.25, -0.2) is 4.39 Å². The number of halogens is 4. The lowest BCUT2D eigenvalue weighted by atomic mass is 9.99. The predicted octanol–water partition coefficient (Wildman–Crippen LogP) is 5.43. The van der Waals surface area contributed by atoms with Gasteiger partial charge in [-0.2, -0.15) is 0 Å². The molecule has 0 aromatic heterocycles. The van der Waals surface area contributed by atoms with Crippen LogP contribution in [0.2, 0.25) is 10.0 Å². The third kappa shape index (κ3) is 2.99. The highest BCUT2D eigenvalue weighted by atomic mass is 79.9. The van der Waals surface area contributed by atoms with Gasteiger partial charge in [-0.3, -0.25) is 4.79 Å². The van der Waals surface area contributed by atoms with E-state index < -0.39 is 11.6 Å². The molecule has 0 spiro atoms. The van der Waals surface area contributed by atoms with E-state index in [4.69, 9.17) is 23.2 Å². The van der Waals surface area contributed by atoms with Crippen molar-refractivity contribution in [2.75, 3.05) is 0 Å². The van der Waals surface area contributed by atoms with Gasteiger partial charge in [0.2, 0.25) is 0 Å². The molecule has 0 aliphatic heterocycles. The first-order valence-corrected chi connectivity index (χ1v) is 6.90. The average Bonchev–Trinajstić information content (AvgIpc) is 2.36. The Bertz CT molecular complexity index is 671. The van der Waals surface area contributed by atoms with Crippen LogP contribution in [0.25, 0.3) is 0 Å². The van der Waals surface area contributed by atoms with Crippen LogP contribution in [0.5, 0.6) is 0 Å². The second-order valence-electron chi connectivity index (χ2n) is 4.03. The minimum Gasteiger partial charge on any atom is -0.288 e. The molecule has 0 fully saturated rings. The molecule has 0 aliphatic rings. The second-order valence-corrected chi connectivity index (χ2v) is 5.73. The number of rotatable bonds is 2. The smallest absolute Gasteiger partial charge is 0.196 e. The lowest BCUT2D eigenvalue weighted by molar-refractivity contribution is 0.103. The van der Waals surface area contributed by atoms with E-state index in [0.29, 0.717) is 15.1 Å². The van der Waals surface area contributed by atoms with Gasteiger partial charge in [0.1, 0.15) is 5.82 Å². The average molecular weight is 362 g/mol. The zero-order valence-corrected chi connectivity index (χ0v) is 12.9. The van der Waals surface area contributed by atoms with E-state index in [1.807, 2.05) is 0 Å². The molecular formula is C14H8BrCl2FO. The first-order valence-electron chi connectivity index (χ1n) is 5.35. The maximum atomic E-state index is 13.9. The highest BCUT2D eigenvalue weighted by molar-refractivity contribution is 9.10. The van der Waals surface area contributed by atoms with E-state index in [2.05, 4.69) is 15.9 Å². The van der Waals surface area contributed by atoms with Gasteiger partial charge in [-0.15, -0.1) is 0 Å². The SMILES string of the molecule is Cc1ccc(Cl)cc1C(=O)c1cc(Cl)c(Br)cc1F. The summed E-state index contributed by atoms with van der Waals surface area (Å²) in [6.45, 7) is 1.77. The van der Waals surface area contributed by atoms with Crippen molar-refractivity contribution in [2.24, 2.45) is 0 Å². The van der Waals surface area contributed by atoms with Crippen molar-refractivity contribution in [3.63, 3.8) is 0 Å². The Morgan fingerprint density at radius 2 is 1.84 bits per heavy atom. The van der Waals surface area contributed by atoms with E-state index >= 15 is 0 Å². The molecule has 0 unspecified atom stereocenters. The normalized spacial score (nSPS) is 10.6. The number of carbonyl (C=O) groups is 1. The molecule has 0 radical (unpaired) electrons. The van der Waals surface area contributed by atoms with Gasteiger partial charge in [0.25, 0.3) is 0 Å². The van der Waals surface area contributed by atoms with Crippen molar-refractivity contribution in [2.45, 2.75) is 6.92 Å². The topological polar surface area (TPSA) is 17.1 Å². The molecule has 0 aliphatic carbocycles. The van der Waals surface area contributed by atoms with Crippen LogP contribution >= 0.6 is 39.1 Å². The van der Waals surface area contributed by atoms with Crippen LogP contribution in [0.3, 0.4) is 0 Å². The summed E-state index contributed by atoms with van der Waals surface area (Å²) in [5.74, 6) is -1.06. The largest absolute Gasteiger partial charge is 0.288 e. The number of benzene rings is 2. The second kappa shape index (κ2) is 5.61. The quantitative estimate of drug-likeness (QED) is 0.514. The summed E-state index contributed by atoms with van der Waals surface area (Å²) in [6, 6.07) is 7.40. The molecule has 1 nitrogen and oxygen atoms in total. The van der Waals surface area contributed by atoms with Crippen molar-refractivity contribution in [1.29, 1.82) is 0 Å². The Kier molecular flexibility index (Phi) is 4.29. The van der Waals surface area contributed by atoms with Crippen LogP contribution in [0, 0.1) is 12.7 Å². The monoisotopic (exact) mass is 360 g/mol. The number of hydrogen-bond acceptors (Lipinski definition) is 1. The summed E-state index contributed by atoms with van der Waals surface area (Å²) in [6.07, 6.45) is 0. The molecule has 98 valence electrons. The van der Waals surface area contributed by atoms with Crippen molar-refractivity contribution < 1.29 is 9.18 Å². The van der Waals surface area contributed by atoms with E-state index in [9.17, 15) is 9.18 Å². The molecule has 0 N–H and O–H groups in total. The Balaban J connectivity index is 2.56.